The molecule has 5 rings (SSSR count). The molecule has 0 aromatic heterocycles. The van der Waals surface area contributed by atoms with Gasteiger partial charge in [0.2, 0.25) is 0 Å². The molecule has 0 aliphatic carbocycles. The summed E-state index contributed by atoms with van der Waals surface area (Å²) in [7, 11) is 0. The van der Waals surface area contributed by atoms with Gasteiger partial charge in [-0.3, -0.25) is 15.1 Å². The summed E-state index contributed by atoms with van der Waals surface area (Å²) in [5, 5.41) is 8.31. The van der Waals surface area contributed by atoms with E-state index in [0.717, 1.165) is 72.1 Å². The molecule has 1 amide bonds. The van der Waals surface area contributed by atoms with Crippen LogP contribution in [0.3, 0.4) is 0 Å². The van der Waals surface area contributed by atoms with Crippen LogP contribution in [-0.2, 0) is 5.54 Å². The highest BCUT2D eigenvalue weighted by Crippen LogP contribution is 2.57. The van der Waals surface area contributed by atoms with Gasteiger partial charge in [0.05, 0.1) is 6.34 Å². The molecule has 3 aromatic rings. The Balaban J connectivity index is 1.83. The molecule has 3 aromatic carbocycles. The Labute approximate surface area is 207 Å². The fourth-order valence-corrected chi connectivity index (χ4v) is 5.73. The SMILES string of the molecule is CCN(CC)c1ccc2c(c1)Oc1cc(N(CC)CC)ccc1C21c2ccccc2C(=O)N1C=N. The summed E-state index contributed by atoms with van der Waals surface area (Å²) < 4.78 is 6.60. The van der Waals surface area contributed by atoms with Crippen LogP contribution in [0.5, 0.6) is 11.5 Å². The first-order valence-electron chi connectivity index (χ1n) is 12.5. The number of carbonyl (C=O) groups is 1. The van der Waals surface area contributed by atoms with Gasteiger partial charge < -0.3 is 14.5 Å². The van der Waals surface area contributed by atoms with Gasteiger partial charge in [0.25, 0.3) is 5.91 Å². The molecule has 0 fully saturated rings. The average molecular weight is 469 g/mol. The van der Waals surface area contributed by atoms with E-state index in [0.29, 0.717) is 5.56 Å². The summed E-state index contributed by atoms with van der Waals surface area (Å²) in [5.41, 5.74) is 4.44. The molecule has 1 N–H and O–H groups in total. The second-order valence-electron chi connectivity index (χ2n) is 8.87. The Morgan fingerprint density at radius 1 is 0.800 bits per heavy atom. The fourth-order valence-electron chi connectivity index (χ4n) is 5.73. The molecule has 0 unspecified atom stereocenters. The number of nitrogens with zero attached hydrogens (tertiary/aromatic N) is 3. The maximum Gasteiger partial charge on any atom is 0.260 e. The smallest absolute Gasteiger partial charge is 0.260 e. The number of amides is 1. The van der Waals surface area contributed by atoms with Crippen molar-refractivity contribution in [1.82, 2.24) is 4.90 Å². The van der Waals surface area contributed by atoms with Crippen molar-refractivity contribution in [3.05, 3.63) is 82.9 Å². The highest BCUT2D eigenvalue weighted by atomic mass is 16.5. The van der Waals surface area contributed by atoms with Crippen molar-refractivity contribution >= 4 is 23.6 Å². The van der Waals surface area contributed by atoms with E-state index in [2.05, 4.69) is 73.9 Å². The normalized spacial score (nSPS) is 14.7. The first kappa shape index (κ1) is 23.0. The molecule has 0 radical (unpaired) electrons. The lowest BCUT2D eigenvalue weighted by Crippen LogP contribution is -2.46. The second kappa shape index (κ2) is 8.77. The Kier molecular flexibility index (Phi) is 5.75. The minimum atomic E-state index is -0.956. The molecule has 2 aliphatic rings. The molecular weight excluding hydrogens is 436 g/mol. The number of anilines is 2. The average Bonchev–Trinajstić information content (AvgIpc) is 3.14. The first-order valence-corrected chi connectivity index (χ1v) is 12.5. The zero-order valence-electron chi connectivity index (χ0n) is 20.8. The third kappa shape index (κ3) is 3.16. The minimum Gasteiger partial charge on any atom is -0.456 e. The van der Waals surface area contributed by atoms with Crippen molar-refractivity contribution in [3.63, 3.8) is 0 Å². The summed E-state index contributed by atoms with van der Waals surface area (Å²) >= 11 is 0. The lowest BCUT2D eigenvalue weighted by atomic mass is 9.75. The van der Waals surface area contributed by atoms with Crippen molar-refractivity contribution in [2.24, 2.45) is 0 Å². The van der Waals surface area contributed by atoms with E-state index in [4.69, 9.17) is 10.1 Å². The van der Waals surface area contributed by atoms with Crippen molar-refractivity contribution in [1.29, 1.82) is 5.41 Å². The molecule has 0 atom stereocenters. The number of nitrogens with one attached hydrogen (secondary N) is 1. The number of hydrogen-bond donors (Lipinski definition) is 1. The van der Waals surface area contributed by atoms with Crippen LogP contribution in [0.4, 0.5) is 11.4 Å². The van der Waals surface area contributed by atoms with Gasteiger partial charge in [0.15, 0.2) is 0 Å². The summed E-state index contributed by atoms with van der Waals surface area (Å²) in [6.07, 6.45) is 1.16. The van der Waals surface area contributed by atoms with Crippen LogP contribution in [0.15, 0.2) is 60.7 Å². The molecule has 35 heavy (non-hydrogen) atoms. The van der Waals surface area contributed by atoms with Crippen LogP contribution in [-0.4, -0.2) is 43.3 Å². The van der Waals surface area contributed by atoms with E-state index in [1.54, 1.807) is 4.90 Å². The summed E-state index contributed by atoms with van der Waals surface area (Å²) in [4.78, 5) is 19.7. The summed E-state index contributed by atoms with van der Waals surface area (Å²) in [6.45, 7) is 12.1. The van der Waals surface area contributed by atoms with Gasteiger partial charge in [-0.2, -0.15) is 0 Å². The number of carbonyl (C=O) groups excluding carboxylic acids is 1. The monoisotopic (exact) mass is 468 g/mol. The van der Waals surface area contributed by atoms with E-state index >= 15 is 0 Å². The highest BCUT2D eigenvalue weighted by molar-refractivity contribution is 6.08. The van der Waals surface area contributed by atoms with Crippen LogP contribution in [0.2, 0.25) is 0 Å². The van der Waals surface area contributed by atoms with E-state index in [-0.39, 0.29) is 5.91 Å². The largest absolute Gasteiger partial charge is 0.456 e. The predicted octanol–water partition coefficient (Wildman–Crippen LogP) is 5.84. The lowest BCUT2D eigenvalue weighted by molar-refractivity contribution is 0.0811. The maximum atomic E-state index is 13.6. The fraction of sp³-hybridized carbons (Fsp3) is 0.310. The van der Waals surface area contributed by atoms with Crippen LogP contribution in [0.1, 0.15) is 54.7 Å². The van der Waals surface area contributed by atoms with Gasteiger partial charge in [0.1, 0.15) is 17.0 Å². The first-order chi connectivity index (χ1) is 17.0. The molecule has 6 heteroatoms. The molecule has 6 nitrogen and oxygen atoms in total. The maximum absolute atomic E-state index is 13.6. The van der Waals surface area contributed by atoms with Crippen LogP contribution in [0, 0.1) is 5.41 Å². The van der Waals surface area contributed by atoms with E-state index in [1.807, 2.05) is 24.3 Å². The minimum absolute atomic E-state index is 0.171. The molecule has 0 saturated carbocycles. The Morgan fingerprint density at radius 2 is 1.31 bits per heavy atom. The quantitative estimate of drug-likeness (QED) is 0.350. The standard InChI is InChI=1S/C29H32N4O2/c1-5-31(6-2)20-13-15-24-26(17-20)35-27-18-21(32(7-3)8-4)14-16-25(27)29(24)23-12-10-9-11-22(23)28(34)33(29)19-30/h9-19,30H,5-8H2,1-4H3. The van der Waals surface area contributed by atoms with Crippen molar-refractivity contribution < 1.29 is 9.53 Å². The van der Waals surface area contributed by atoms with Gasteiger partial charge in [-0.25, -0.2) is 0 Å². The molecule has 0 saturated heterocycles. The number of hydrogen-bond acceptors (Lipinski definition) is 5. The predicted molar refractivity (Wildman–Crippen MR) is 141 cm³/mol. The zero-order chi connectivity index (χ0) is 24.7. The van der Waals surface area contributed by atoms with Gasteiger partial charge in [-0.1, -0.05) is 30.3 Å². The van der Waals surface area contributed by atoms with Crippen molar-refractivity contribution in [3.8, 4) is 11.5 Å². The van der Waals surface area contributed by atoms with Crippen molar-refractivity contribution in [2.75, 3.05) is 36.0 Å². The van der Waals surface area contributed by atoms with Gasteiger partial charge in [-0.05, 0) is 45.9 Å². The molecular formula is C29H32N4O2. The van der Waals surface area contributed by atoms with Crippen molar-refractivity contribution in [2.45, 2.75) is 33.2 Å². The number of fused-ring (bicyclic) bond motifs is 6. The Morgan fingerprint density at radius 3 is 1.80 bits per heavy atom. The van der Waals surface area contributed by atoms with Gasteiger partial charge in [0, 0.05) is 71.9 Å². The van der Waals surface area contributed by atoms with E-state index in [9.17, 15) is 4.79 Å². The zero-order valence-corrected chi connectivity index (χ0v) is 20.8. The lowest BCUT2D eigenvalue weighted by Gasteiger charge is -2.43. The van der Waals surface area contributed by atoms with E-state index < -0.39 is 5.54 Å². The number of rotatable bonds is 7. The summed E-state index contributed by atoms with van der Waals surface area (Å²) in [6, 6.07) is 20.2. The molecule has 180 valence electrons. The molecule has 2 heterocycles. The highest BCUT2D eigenvalue weighted by Gasteiger charge is 2.56. The molecule has 0 bridgehead atoms. The van der Waals surface area contributed by atoms with E-state index in [1.165, 1.54) is 0 Å². The number of ether oxygens (including phenoxy) is 1. The van der Waals surface area contributed by atoms with Crippen LogP contribution >= 0.6 is 0 Å². The third-order valence-electron chi connectivity index (χ3n) is 7.44. The van der Waals surface area contributed by atoms with Crippen LogP contribution in [0.25, 0.3) is 0 Å². The van der Waals surface area contributed by atoms with Gasteiger partial charge >= 0.3 is 0 Å². The topological polar surface area (TPSA) is 59.9 Å². The third-order valence-corrected chi connectivity index (χ3v) is 7.44. The Bertz CT molecular complexity index is 1230. The molecule has 1 spiro atoms. The number of benzene rings is 3. The second-order valence-corrected chi connectivity index (χ2v) is 8.87. The molecule has 2 aliphatic heterocycles. The van der Waals surface area contributed by atoms with Gasteiger partial charge in [-0.15, -0.1) is 0 Å². The summed E-state index contributed by atoms with van der Waals surface area (Å²) in [5.74, 6) is 1.26. The van der Waals surface area contributed by atoms with Crippen LogP contribution < -0.4 is 14.5 Å². The Hall–Kier alpha value is -3.80.